The molecule has 1 heterocycles. The van der Waals surface area contributed by atoms with Gasteiger partial charge >= 0.3 is 0 Å². The first-order chi connectivity index (χ1) is 9.20. The Balaban J connectivity index is 1.87. The van der Waals surface area contributed by atoms with Crippen LogP contribution in [0.3, 0.4) is 0 Å². The highest BCUT2D eigenvalue weighted by atomic mass is 14.9. The zero-order valence-electron chi connectivity index (χ0n) is 12.6. The lowest BCUT2D eigenvalue weighted by Crippen LogP contribution is -2.18. The number of rotatable bonds is 8. The average molecular weight is 261 g/mol. The van der Waals surface area contributed by atoms with Gasteiger partial charge in [0.05, 0.1) is 0 Å². The maximum absolute atomic E-state index is 4.67. The van der Waals surface area contributed by atoms with Crippen molar-refractivity contribution in [3.63, 3.8) is 0 Å². The first-order valence-corrected chi connectivity index (χ1v) is 7.77. The lowest BCUT2D eigenvalue weighted by atomic mass is 10.1. The third kappa shape index (κ3) is 4.57. The Hall–Kier alpha value is -0.960. The molecule has 0 spiro atoms. The Kier molecular flexibility index (Phi) is 5.32. The molecule has 0 atom stereocenters. The Morgan fingerprint density at radius 3 is 2.32 bits per heavy atom. The van der Waals surface area contributed by atoms with E-state index in [1.165, 1.54) is 49.1 Å². The van der Waals surface area contributed by atoms with E-state index >= 15 is 0 Å². The molecule has 1 aromatic rings. The smallest absolute Gasteiger partial charge is 0.128 e. The molecule has 0 unspecified atom stereocenters. The van der Waals surface area contributed by atoms with Crippen LogP contribution in [0.4, 0.5) is 0 Å². The maximum atomic E-state index is 4.67. The van der Waals surface area contributed by atoms with Gasteiger partial charge in [-0.05, 0) is 58.1 Å². The molecule has 0 aliphatic heterocycles. The van der Waals surface area contributed by atoms with Gasteiger partial charge in [-0.2, -0.15) is 0 Å². The van der Waals surface area contributed by atoms with Crippen molar-refractivity contribution in [2.45, 2.75) is 71.8 Å². The van der Waals surface area contributed by atoms with Crippen molar-refractivity contribution in [3.05, 3.63) is 22.8 Å². The average Bonchev–Trinajstić information content (AvgIpc) is 3.18. The molecule has 1 N–H and O–H groups in total. The molecule has 3 nitrogen and oxygen atoms in total. The lowest BCUT2D eigenvalue weighted by Gasteiger charge is -2.11. The van der Waals surface area contributed by atoms with Crippen LogP contribution in [0.2, 0.25) is 0 Å². The summed E-state index contributed by atoms with van der Waals surface area (Å²) < 4.78 is 0. The molecule has 0 bridgehead atoms. The molecule has 2 rings (SSSR count). The number of hydrogen-bond donors (Lipinski definition) is 1. The summed E-state index contributed by atoms with van der Waals surface area (Å²) in [5.74, 6) is 1.02. The molecule has 3 heteroatoms. The monoisotopic (exact) mass is 261 g/mol. The number of nitrogens with one attached hydrogen (secondary N) is 1. The Bertz CT molecular complexity index is 387. The summed E-state index contributed by atoms with van der Waals surface area (Å²) >= 11 is 0. The Morgan fingerprint density at radius 1 is 1.05 bits per heavy atom. The van der Waals surface area contributed by atoms with Crippen molar-refractivity contribution in [1.82, 2.24) is 15.3 Å². The number of aryl methyl sites for hydroxylation is 3. The van der Waals surface area contributed by atoms with Crippen LogP contribution < -0.4 is 5.32 Å². The van der Waals surface area contributed by atoms with Gasteiger partial charge in [-0.25, -0.2) is 9.97 Å². The fourth-order valence-electron chi connectivity index (χ4n) is 2.48. The molecule has 19 heavy (non-hydrogen) atoms. The Labute approximate surface area is 117 Å². The van der Waals surface area contributed by atoms with Gasteiger partial charge in [0.15, 0.2) is 0 Å². The largest absolute Gasteiger partial charge is 0.314 e. The molecule has 1 aliphatic carbocycles. The molecule has 0 amide bonds. The van der Waals surface area contributed by atoms with Crippen molar-refractivity contribution in [3.8, 4) is 0 Å². The van der Waals surface area contributed by atoms with E-state index in [-0.39, 0.29) is 0 Å². The molecule has 0 saturated heterocycles. The van der Waals surface area contributed by atoms with Gasteiger partial charge in [0.2, 0.25) is 0 Å². The summed E-state index contributed by atoms with van der Waals surface area (Å²) in [4.78, 5) is 9.33. The molecule has 1 fully saturated rings. The van der Waals surface area contributed by atoms with Crippen LogP contribution >= 0.6 is 0 Å². The molecule has 0 aromatic carbocycles. The Morgan fingerprint density at radius 2 is 1.74 bits per heavy atom. The second kappa shape index (κ2) is 6.99. The summed E-state index contributed by atoms with van der Waals surface area (Å²) in [5.41, 5.74) is 3.73. The molecule has 106 valence electrons. The van der Waals surface area contributed by atoms with Crippen molar-refractivity contribution >= 4 is 0 Å². The van der Waals surface area contributed by atoms with Crippen LogP contribution in [0, 0.1) is 13.8 Å². The van der Waals surface area contributed by atoms with Gasteiger partial charge < -0.3 is 5.32 Å². The second-order valence-electron chi connectivity index (χ2n) is 5.72. The second-order valence-corrected chi connectivity index (χ2v) is 5.72. The minimum Gasteiger partial charge on any atom is -0.314 e. The minimum atomic E-state index is 0.815. The predicted molar refractivity (Wildman–Crippen MR) is 79.5 cm³/mol. The van der Waals surface area contributed by atoms with Gasteiger partial charge in [0.25, 0.3) is 0 Å². The van der Waals surface area contributed by atoms with E-state index < -0.39 is 0 Å². The van der Waals surface area contributed by atoms with Gasteiger partial charge in [0, 0.05) is 23.9 Å². The standard InChI is InChI=1S/C16H27N3/c1-4-5-8-16-18-12(2)15(13(3)19-16)7-6-11-17-14-9-10-14/h14,17H,4-11H2,1-3H3. The van der Waals surface area contributed by atoms with Crippen LogP contribution in [-0.2, 0) is 12.8 Å². The fraction of sp³-hybridized carbons (Fsp3) is 0.750. The number of hydrogen-bond acceptors (Lipinski definition) is 3. The molecule has 1 aromatic heterocycles. The lowest BCUT2D eigenvalue weighted by molar-refractivity contribution is 0.639. The first kappa shape index (κ1) is 14.4. The van der Waals surface area contributed by atoms with Crippen LogP contribution in [0.1, 0.15) is 61.8 Å². The molecule has 1 aliphatic rings. The van der Waals surface area contributed by atoms with Gasteiger partial charge in [-0.3, -0.25) is 0 Å². The predicted octanol–water partition coefficient (Wildman–Crippen LogP) is 3.12. The SMILES string of the molecule is CCCCc1nc(C)c(CCCNC2CC2)c(C)n1. The van der Waals surface area contributed by atoms with Crippen LogP contribution in [0.15, 0.2) is 0 Å². The van der Waals surface area contributed by atoms with E-state index in [1.54, 1.807) is 0 Å². The summed E-state index contributed by atoms with van der Waals surface area (Å²) in [7, 11) is 0. The highest BCUT2D eigenvalue weighted by Gasteiger charge is 2.19. The third-order valence-electron chi connectivity index (χ3n) is 3.83. The summed E-state index contributed by atoms with van der Waals surface area (Å²) in [5, 5.41) is 3.56. The van der Waals surface area contributed by atoms with E-state index in [9.17, 15) is 0 Å². The zero-order valence-corrected chi connectivity index (χ0v) is 12.6. The van der Waals surface area contributed by atoms with E-state index in [4.69, 9.17) is 0 Å². The van der Waals surface area contributed by atoms with Gasteiger partial charge in [-0.1, -0.05) is 13.3 Å². The van der Waals surface area contributed by atoms with E-state index in [0.29, 0.717) is 0 Å². The van der Waals surface area contributed by atoms with Gasteiger partial charge in [0.1, 0.15) is 5.82 Å². The third-order valence-corrected chi connectivity index (χ3v) is 3.83. The van der Waals surface area contributed by atoms with E-state index in [1.807, 2.05) is 0 Å². The molecular weight excluding hydrogens is 234 g/mol. The summed E-state index contributed by atoms with van der Waals surface area (Å²) in [6, 6.07) is 0.815. The topological polar surface area (TPSA) is 37.8 Å². The van der Waals surface area contributed by atoms with Crippen molar-refractivity contribution in [2.75, 3.05) is 6.54 Å². The van der Waals surface area contributed by atoms with Crippen LogP contribution in [0.5, 0.6) is 0 Å². The van der Waals surface area contributed by atoms with Gasteiger partial charge in [-0.15, -0.1) is 0 Å². The first-order valence-electron chi connectivity index (χ1n) is 7.77. The van der Waals surface area contributed by atoms with Crippen molar-refractivity contribution in [2.24, 2.45) is 0 Å². The highest BCUT2D eigenvalue weighted by molar-refractivity contribution is 5.24. The normalized spacial score (nSPS) is 14.9. The minimum absolute atomic E-state index is 0.815. The van der Waals surface area contributed by atoms with E-state index in [0.717, 1.165) is 31.3 Å². The number of aromatic nitrogens is 2. The quantitative estimate of drug-likeness (QED) is 0.731. The fourth-order valence-corrected chi connectivity index (χ4v) is 2.48. The number of nitrogens with zero attached hydrogens (tertiary/aromatic N) is 2. The maximum Gasteiger partial charge on any atom is 0.128 e. The van der Waals surface area contributed by atoms with Crippen molar-refractivity contribution in [1.29, 1.82) is 0 Å². The van der Waals surface area contributed by atoms with Crippen LogP contribution in [0.25, 0.3) is 0 Å². The molecular formula is C16H27N3. The highest BCUT2D eigenvalue weighted by Crippen LogP contribution is 2.19. The van der Waals surface area contributed by atoms with E-state index in [2.05, 4.69) is 36.1 Å². The number of unbranched alkanes of at least 4 members (excludes halogenated alkanes) is 1. The summed E-state index contributed by atoms with van der Waals surface area (Å²) in [6.45, 7) is 7.60. The summed E-state index contributed by atoms with van der Waals surface area (Å²) in [6.07, 6.45) is 8.43. The van der Waals surface area contributed by atoms with Crippen LogP contribution in [-0.4, -0.2) is 22.6 Å². The zero-order chi connectivity index (χ0) is 13.7. The van der Waals surface area contributed by atoms with Crippen molar-refractivity contribution < 1.29 is 0 Å². The molecule has 0 radical (unpaired) electrons. The molecule has 1 saturated carbocycles.